The van der Waals surface area contributed by atoms with Gasteiger partial charge in [0.25, 0.3) is 0 Å². The van der Waals surface area contributed by atoms with E-state index in [1.165, 1.54) is 31.3 Å². The molecule has 0 amide bonds. The topological polar surface area (TPSA) is 51.8 Å². The van der Waals surface area contributed by atoms with Crippen LogP contribution < -0.4 is 0 Å². The van der Waals surface area contributed by atoms with Crippen molar-refractivity contribution >= 4 is 53.4 Å². The molecule has 0 N–H and O–H groups in total. The Kier molecular flexibility index (Phi) is 6.64. The van der Waals surface area contributed by atoms with Crippen molar-refractivity contribution in [1.82, 2.24) is 15.0 Å². The van der Waals surface area contributed by atoms with Crippen molar-refractivity contribution in [2.75, 3.05) is 0 Å². The quantitative estimate of drug-likeness (QED) is 0.185. The standard InChI is InChI=1S/C45H27N3OS/c1-3-12-28(13-4-1)43-46-44(29-14-5-2-6-15-29)48-45(47-43)32-17-9-16-30(26-32)31-24-25-33-35-20-10-21-36(42(35)50-40(33)27-31)34-19-11-23-39-41(34)37-18-7-8-22-38(37)49-39/h1-27H. The molecule has 234 valence electrons. The number of fused-ring (bicyclic) bond motifs is 6. The van der Waals surface area contributed by atoms with E-state index in [0.717, 1.165) is 49.8 Å². The third kappa shape index (κ3) is 4.79. The van der Waals surface area contributed by atoms with Crippen LogP contribution in [0.4, 0.5) is 0 Å². The first-order valence-corrected chi connectivity index (χ1v) is 17.4. The number of benzene rings is 7. The van der Waals surface area contributed by atoms with Gasteiger partial charge in [-0.1, -0.05) is 140 Å². The average Bonchev–Trinajstić information content (AvgIpc) is 3.77. The zero-order valence-electron chi connectivity index (χ0n) is 26.7. The SMILES string of the molecule is c1ccc(-c2nc(-c3ccccc3)nc(-c3cccc(-c4ccc5c(c4)sc4c(-c6cccc7oc8ccccc8c67)cccc45)c3)n2)cc1. The van der Waals surface area contributed by atoms with Crippen molar-refractivity contribution in [2.24, 2.45) is 0 Å². The van der Waals surface area contributed by atoms with Crippen LogP contribution in [0.15, 0.2) is 168 Å². The normalized spacial score (nSPS) is 11.6. The van der Waals surface area contributed by atoms with Crippen LogP contribution in [0.1, 0.15) is 0 Å². The number of para-hydroxylation sites is 1. The maximum absolute atomic E-state index is 6.24. The van der Waals surface area contributed by atoms with Crippen LogP contribution in [-0.4, -0.2) is 15.0 Å². The predicted molar refractivity (Wildman–Crippen MR) is 207 cm³/mol. The van der Waals surface area contributed by atoms with Crippen molar-refractivity contribution in [1.29, 1.82) is 0 Å². The molecule has 0 aliphatic carbocycles. The second kappa shape index (κ2) is 11.6. The summed E-state index contributed by atoms with van der Waals surface area (Å²) in [6.07, 6.45) is 0. The minimum absolute atomic E-state index is 0.646. The van der Waals surface area contributed by atoms with Crippen molar-refractivity contribution in [3.05, 3.63) is 164 Å². The van der Waals surface area contributed by atoms with Gasteiger partial charge in [-0.15, -0.1) is 11.3 Å². The number of hydrogen-bond acceptors (Lipinski definition) is 5. The van der Waals surface area contributed by atoms with Crippen molar-refractivity contribution < 1.29 is 4.42 Å². The van der Waals surface area contributed by atoms with Gasteiger partial charge in [-0.25, -0.2) is 15.0 Å². The monoisotopic (exact) mass is 657 g/mol. The van der Waals surface area contributed by atoms with Gasteiger partial charge >= 0.3 is 0 Å². The highest BCUT2D eigenvalue weighted by molar-refractivity contribution is 7.26. The fourth-order valence-electron chi connectivity index (χ4n) is 6.96. The Morgan fingerprint density at radius 3 is 1.72 bits per heavy atom. The molecule has 0 aliphatic rings. The van der Waals surface area contributed by atoms with Gasteiger partial charge in [0.05, 0.1) is 0 Å². The van der Waals surface area contributed by atoms with Crippen molar-refractivity contribution in [3.8, 4) is 56.4 Å². The second-order valence-corrected chi connectivity index (χ2v) is 13.4. The lowest BCUT2D eigenvalue weighted by Gasteiger charge is -2.09. The molecule has 3 aromatic heterocycles. The van der Waals surface area contributed by atoms with Gasteiger partial charge in [0.15, 0.2) is 17.5 Å². The number of hydrogen-bond donors (Lipinski definition) is 0. The molecular formula is C45H27N3OS. The lowest BCUT2D eigenvalue weighted by molar-refractivity contribution is 0.669. The molecule has 50 heavy (non-hydrogen) atoms. The summed E-state index contributed by atoms with van der Waals surface area (Å²) in [5.41, 5.74) is 9.35. The molecule has 0 spiro atoms. The van der Waals surface area contributed by atoms with Crippen LogP contribution in [0, 0.1) is 0 Å². The van der Waals surface area contributed by atoms with E-state index >= 15 is 0 Å². The summed E-state index contributed by atoms with van der Waals surface area (Å²) in [6.45, 7) is 0. The number of nitrogens with zero attached hydrogens (tertiary/aromatic N) is 3. The lowest BCUT2D eigenvalue weighted by Crippen LogP contribution is -2.00. The van der Waals surface area contributed by atoms with Crippen LogP contribution in [0.25, 0.3) is 98.5 Å². The third-order valence-electron chi connectivity index (χ3n) is 9.35. The van der Waals surface area contributed by atoms with Gasteiger partial charge < -0.3 is 4.42 Å². The fourth-order valence-corrected chi connectivity index (χ4v) is 8.23. The summed E-state index contributed by atoms with van der Waals surface area (Å²) in [6, 6.07) is 56.8. The van der Waals surface area contributed by atoms with Gasteiger partial charge in [0.1, 0.15) is 11.2 Å². The summed E-state index contributed by atoms with van der Waals surface area (Å²) < 4.78 is 8.76. The van der Waals surface area contributed by atoms with E-state index in [-0.39, 0.29) is 0 Å². The minimum Gasteiger partial charge on any atom is -0.456 e. The van der Waals surface area contributed by atoms with Gasteiger partial charge in [-0.3, -0.25) is 0 Å². The molecule has 0 saturated carbocycles. The van der Waals surface area contributed by atoms with Gasteiger partial charge in [-0.05, 0) is 41.0 Å². The molecule has 10 rings (SSSR count). The summed E-state index contributed by atoms with van der Waals surface area (Å²) in [5, 5.41) is 4.83. The maximum Gasteiger partial charge on any atom is 0.164 e. The Labute approximate surface area is 292 Å². The van der Waals surface area contributed by atoms with Crippen molar-refractivity contribution in [2.45, 2.75) is 0 Å². The predicted octanol–water partition coefficient (Wildman–Crippen LogP) is 12.5. The number of rotatable bonds is 5. The van der Waals surface area contributed by atoms with Crippen LogP contribution in [0.2, 0.25) is 0 Å². The summed E-state index contributed by atoms with van der Waals surface area (Å²) in [5.74, 6) is 1.95. The van der Waals surface area contributed by atoms with E-state index in [2.05, 4.69) is 91.0 Å². The average molecular weight is 658 g/mol. The van der Waals surface area contributed by atoms with E-state index in [9.17, 15) is 0 Å². The second-order valence-electron chi connectivity index (χ2n) is 12.4. The first kappa shape index (κ1) is 28.6. The molecule has 0 bridgehead atoms. The number of furan rings is 1. The van der Waals surface area contributed by atoms with E-state index in [0.29, 0.717) is 17.5 Å². The zero-order valence-corrected chi connectivity index (χ0v) is 27.6. The molecule has 4 nitrogen and oxygen atoms in total. The van der Waals surface area contributed by atoms with Crippen molar-refractivity contribution in [3.63, 3.8) is 0 Å². The molecule has 0 radical (unpaired) electrons. The summed E-state index contributed by atoms with van der Waals surface area (Å²) >= 11 is 1.84. The van der Waals surface area contributed by atoms with Gasteiger partial charge in [-0.2, -0.15) is 0 Å². The zero-order chi connectivity index (χ0) is 33.0. The van der Waals surface area contributed by atoms with E-state index in [1.54, 1.807) is 0 Å². The molecule has 0 unspecified atom stereocenters. The van der Waals surface area contributed by atoms with Gasteiger partial charge in [0, 0.05) is 53.2 Å². The molecular weight excluding hydrogens is 631 g/mol. The number of aromatic nitrogens is 3. The molecule has 0 atom stereocenters. The smallest absolute Gasteiger partial charge is 0.164 e. The first-order valence-electron chi connectivity index (χ1n) is 16.6. The maximum atomic E-state index is 6.24. The van der Waals surface area contributed by atoms with Crippen LogP contribution in [0.5, 0.6) is 0 Å². The first-order chi connectivity index (χ1) is 24.8. The Balaban J connectivity index is 1.09. The molecule has 0 saturated heterocycles. The minimum atomic E-state index is 0.646. The van der Waals surface area contributed by atoms with E-state index < -0.39 is 0 Å². The Bertz CT molecular complexity index is 2820. The molecule has 0 aliphatic heterocycles. The van der Waals surface area contributed by atoms with Crippen LogP contribution in [0.3, 0.4) is 0 Å². The highest BCUT2D eigenvalue weighted by Crippen LogP contribution is 2.44. The molecule has 3 heterocycles. The highest BCUT2D eigenvalue weighted by atomic mass is 32.1. The summed E-state index contributed by atoms with van der Waals surface area (Å²) in [7, 11) is 0. The van der Waals surface area contributed by atoms with Crippen LogP contribution in [-0.2, 0) is 0 Å². The molecule has 7 aromatic carbocycles. The Hall–Kier alpha value is -6.43. The lowest BCUT2D eigenvalue weighted by atomic mass is 9.97. The van der Waals surface area contributed by atoms with E-state index in [1.807, 2.05) is 84.1 Å². The molecule has 5 heteroatoms. The Morgan fingerprint density at radius 1 is 0.380 bits per heavy atom. The Morgan fingerprint density at radius 2 is 0.940 bits per heavy atom. The van der Waals surface area contributed by atoms with Crippen LogP contribution >= 0.6 is 11.3 Å². The van der Waals surface area contributed by atoms with Gasteiger partial charge in [0.2, 0.25) is 0 Å². The number of thiophene rings is 1. The van der Waals surface area contributed by atoms with E-state index in [4.69, 9.17) is 19.4 Å². The third-order valence-corrected chi connectivity index (χ3v) is 10.5. The molecule has 0 fully saturated rings. The largest absolute Gasteiger partial charge is 0.456 e. The fraction of sp³-hybridized carbons (Fsp3) is 0. The summed E-state index contributed by atoms with van der Waals surface area (Å²) in [4.78, 5) is 14.8. The molecule has 10 aromatic rings. The highest BCUT2D eigenvalue weighted by Gasteiger charge is 2.17.